The third kappa shape index (κ3) is 4.24. The molecule has 0 aliphatic rings. The quantitative estimate of drug-likeness (QED) is 0.840. The molecule has 0 amide bonds. The van der Waals surface area contributed by atoms with Gasteiger partial charge >= 0.3 is 0 Å². The molecule has 1 aromatic heterocycles. The van der Waals surface area contributed by atoms with Gasteiger partial charge in [-0.3, -0.25) is 4.98 Å². The van der Waals surface area contributed by atoms with Gasteiger partial charge in [-0.1, -0.05) is 34.1 Å². The zero-order valence-electron chi connectivity index (χ0n) is 10.5. The molecule has 0 N–H and O–H groups in total. The van der Waals surface area contributed by atoms with E-state index in [1.54, 1.807) is 0 Å². The molecular weight excluding hydrogens is 288 g/mol. The Morgan fingerprint density at radius 3 is 2.78 bits per heavy atom. The highest BCUT2D eigenvalue weighted by Crippen LogP contribution is 2.13. The summed E-state index contributed by atoms with van der Waals surface area (Å²) in [6, 6.07) is 14.5. The lowest BCUT2D eigenvalue weighted by Gasteiger charge is -2.16. The molecule has 2 aromatic rings. The molecule has 3 heteroatoms. The van der Waals surface area contributed by atoms with E-state index in [9.17, 15) is 0 Å². The van der Waals surface area contributed by atoms with Crippen LogP contribution < -0.4 is 0 Å². The lowest BCUT2D eigenvalue weighted by Crippen LogP contribution is -2.21. The summed E-state index contributed by atoms with van der Waals surface area (Å²) in [6.45, 7) is 1.98. The predicted octanol–water partition coefficient (Wildman–Crippen LogP) is 3.52. The molecule has 0 aliphatic heterocycles. The maximum Gasteiger partial charge on any atom is 0.0416 e. The van der Waals surface area contributed by atoms with Gasteiger partial charge in [0.25, 0.3) is 0 Å². The molecular formula is C15H17BrN2. The molecule has 0 unspecified atom stereocenters. The molecule has 0 spiro atoms. The van der Waals surface area contributed by atoms with Crippen molar-refractivity contribution in [2.75, 3.05) is 13.6 Å². The third-order valence-corrected chi connectivity index (χ3v) is 3.31. The van der Waals surface area contributed by atoms with Gasteiger partial charge in [0, 0.05) is 35.9 Å². The van der Waals surface area contributed by atoms with E-state index in [1.165, 1.54) is 5.56 Å². The summed E-state index contributed by atoms with van der Waals surface area (Å²) < 4.78 is 1.14. The molecule has 0 saturated carbocycles. The van der Waals surface area contributed by atoms with Crippen molar-refractivity contribution in [3.05, 3.63) is 64.4 Å². The van der Waals surface area contributed by atoms with Gasteiger partial charge < -0.3 is 4.90 Å². The first-order valence-electron chi connectivity index (χ1n) is 6.07. The largest absolute Gasteiger partial charge is 0.302 e. The first kappa shape index (κ1) is 13.2. The zero-order valence-corrected chi connectivity index (χ0v) is 12.1. The monoisotopic (exact) mass is 304 g/mol. The normalized spacial score (nSPS) is 10.8. The van der Waals surface area contributed by atoms with E-state index in [-0.39, 0.29) is 0 Å². The number of rotatable bonds is 5. The number of pyridine rings is 1. The van der Waals surface area contributed by atoms with Gasteiger partial charge in [-0.05, 0) is 36.9 Å². The molecule has 2 nitrogen and oxygen atoms in total. The molecule has 0 aliphatic carbocycles. The number of halogens is 1. The summed E-state index contributed by atoms with van der Waals surface area (Å²) >= 11 is 3.50. The molecule has 94 valence electrons. The highest BCUT2D eigenvalue weighted by Gasteiger charge is 2.02. The van der Waals surface area contributed by atoms with Crippen molar-refractivity contribution in [1.82, 2.24) is 9.88 Å². The van der Waals surface area contributed by atoms with Crippen LogP contribution in [0.2, 0.25) is 0 Å². The molecule has 0 bridgehead atoms. The Morgan fingerprint density at radius 2 is 2.06 bits per heavy atom. The van der Waals surface area contributed by atoms with E-state index in [0.29, 0.717) is 0 Å². The van der Waals surface area contributed by atoms with Gasteiger partial charge in [0.1, 0.15) is 0 Å². The van der Waals surface area contributed by atoms with E-state index in [2.05, 4.69) is 63.2 Å². The van der Waals surface area contributed by atoms with Crippen LogP contribution in [0, 0.1) is 0 Å². The minimum Gasteiger partial charge on any atom is -0.302 e. The van der Waals surface area contributed by atoms with Crippen LogP contribution in [0.1, 0.15) is 11.3 Å². The van der Waals surface area contributed by atoms with Crippen molar-refractivity contribution in [3.8, 4) is 0 Å². The van der Waals surface area contributed by atoms with Gasteiger partial charge in [0.2, 0.25) is 0 Å². The Bertz CT molecular complexity index is 485. The lowest BCUT2D eigenvalue weighted by atomic mass is 10.2. The number of benzene rings is 1. The maximum absolute atomic E-state index is 4.34. The van der Waals surface area contributed by atoms with Crippen molar-refractivity contribution < 1.29 is 0 Å². The van der Waals surface area contributed by atoms with Crippen molar-refractivity contribution in [3.63, 3.8) is 0 Å². The number of hydrogen-bond acceptors (Lipinski definition) is 2. The fourth-order valence-corrected chi connectivity index (χ4v) is 2.32. The van der Waals surface area contributed by atoms with Gasteiger partial charge in [-0.25, -0.2) is 0 Å². The first-order valence-corrected chi connectivity index (χ1v) is 6.86. The molecule has 0 fully saturated rings. The standard InChI is InChI=1S/C15H17BrN2/c1-18(10-8-15-7-2-3-9-17-15)12-13-5-4-6-14(16)11-13/h2-7,9,11H,8,10,12H2,1H3. The van der Waals surface area contributed by atoms with Crippen LogP contribution in [-0.2, 0) is 13.0 Å². The Morgan fingerprint density at radius 1 is 1.17 bits per heavy atom. The molecule has 0 saturated heterocycles. The average molecular weight is 305 g/mol. The minimum absolute atomic E-state index is 0.965. The van der Waals surface area contributed by atoms with Crippen molar-refractivity contribution in [1.29, 1.82) is 0 Å². The molecule has 0 radical (unpaired) electrons. The summed E-state index contributed by atoms with van der Waals surface area (Å²) in [5.74, 6) is 0. The molecule has 0 atom stereocenters. The van der Waals surface area contributed by atoms with Crippen molar-refractivity contribution in [2.45, 2.75) is 13.0 Å². The zero-order chi connectivity index (χ0) is 12.8. The number of nitrogens with zero attached hydrogens (tertiary/aromatic N) is 2. The van der Waals surface area contributed by atoms with Crippen LogP contribution in [0.25, 0.3) is 0 Å². The Labute approximate surface area is 117 Å². The molecule has 1 heterocycles. The Balaban J connectivity index is 1.84. The lowest BCUT2D eigenvalue weighted by molar-refractivity contribution is 0.330. The second-order valence-corrected chi connectivity index (χ2v) is 5.35. The summed E-state index contributed by atoms with van der Waals surface area (Å²) in [4.78, 5) is 6.65. The average Bonchev–Trinajstić information content (AvgIpc) is 2.38. The van der Waals surface area contributed by atoms with Gasteiger partial charge in [0.15, 0.2) is 0 Å². The van der Waals surface area contributed by atoms with Crippen molar-refractivity contribution in [2.24, 2.45) is 0 Å². The smallest absolute Gasteiger partial charge is 0.0416 e. The summed E-state index contributed by atoms with van der Waals surface area (Å²) in [7, 11) is 2.14. The van der Waals surface area contributed by atoms with E-state index >= 15 is 0 Å². The summed E-state index contributed by atoms with van der Waals surface area (Å²) in [5, 5.41) is 0. The van der Waals surface area contributed by atoms with Crippen LogP contribution >= 0.6 is 15.9 Å². The van der Waals surface area contributed by atoms with Gasteiger partial charge in [-0.2, -0.15) is 0 Å². The number of aromatic nitrogens is 1. The first-order chi connectivity index (χ1) is 8.74. The third-order valence-electron chi connectivity index (χ3n) is 2.82. The number of hydrogen-bond donors (Lipinski definition) is 0. The van der Waals surface area contributed by atoms with E-state index in [1.807, 2.05) is 18.3 Å². The van der Waals surface area contributed by atoms with Gasteiger partial charge in [-0.15, -0.1) is 0 Å². The maximum atomic E-state index is 4.34. The van der Waals surface area contributed by atoms with Crippen LogP contribution in [0.3, 0.4) is 0 Å². The Kier molecular flexibility index (Phi) is 4.90. The summed E-state index contributed by atoms with van der Waals surface area (Å²) in [6.07, 6.45) is 2.84. The fraction of sp³-hybridized carbons (Fsp3) is 0.267. The fourth-order valence-electron chi connectivity index (χ4n) is 1.88. The second-order valence-electron chi connectivity index (χ2n) is 4.44. The van der Waals surface area contributed by atoms with Crippen LogP contribution in [0.4, 0.5) is 0 Å². The second kappa shape index (κ2) is 6.66. The van der Waals surface area contributed by atoms with E-state index in [0.717, 1.165) is 29.7 Å². The molecule has 18 heavy (non-hydrogen) atoms. The summed E-state index contributed by atoms with van der Waals surface area (Å²) in [5.41, 5.74) is 2.48. The SMILES string of the molecule is CN(CCc1ccccn1)Cc1cccc(Br)c1. The topological polar surface area (TPSA) is 16.1 Å². The van der Waals surface area contributed by atoms with Crippen LogP contribution in [0.15, 0.2) is 53.1 Å². The molecule has 2 rings (SSSR count). The van der Waals surface area contributed by atoms with E-state index in [4.69, 9.17) is 0 Å². The number of likely N-dealkylation sites (N-methyl/N-ethyl adjacent to an activating group) is 1. The van der Waals surface area contributed by atoms with Crippen LogP contribution in [-0.4, -0.2) is 23.5 Å². The minimum atomic E-state index is 0.965. The van der Waals surface area contributed by atoms with Crippen LogP contribution in [0.5, 0.6) is 0 Å². The Hall–Kier alpha value is -1.19. The highest BCUT2D eigenvalue weighted by molar-refractivity contribution is 9.10. The highest BCUT2D eigenvalue weighted by atomic mass is 79.9. The predicted molar refractivity (Wildman–Crippen MR) is 78.4 cm³/mol. The molecule has 1 aromatic carbocycles. The van der Waals surface area contributed by atoms with E-state index < -0.39 is 0 Å². The van der Waals surface area contributed by atoms with Gasteiger partial charge in [0.05, 0.1) is 0 Å². The van der Waals surface area contributed by atoms with Crippen molar-refractivity contribution >= 4 is 15.9 Å².